The summed E-state index contributed by atoms with van der Waals surface area (Å²) in [4.78, 5) is 7.74. The van der Waals surface area contributed by atoms with Crippen LogP contribution in [0.1, 0.15) is 15.3 Å². The van der Waals surface area contributed by atoms with Gasteiger partial charge in [-0.15, -0.1) is 0 Å². The molecule has 0 saturated heterocycles. The quantitative estimate of drug-likeness (QED) is 0.624. The summed E-state index contributed by atoms with van der Waals surface area (Å²) < 4.78 is 0. The third kappa shape index (κ3) is 1.52. The highest BCUT2D eigenvalue weighted by Crippen LogP contribution is 2.00. The summed E-state index contributed by atoms with van der Waals surface area (Å²) in [6, 6.07) is 0. The molecule has 4 heteroatoms. The summed E-state index contributed by atoms with van der Waals surface area (Å²) in [5.41, 5.74) is 1.72. The van der Waals surface area contributed by atoms with Gasteiger partial charge in [-0.1, -0.05) is 13.8 Å². The SMILES string of the molecule is CC.[HH].c1ncc2[nH]ncc2n1. The maximum atomic E-state index is 3.94. The lowest BCUT2D eigenvalue weighted by atomic mass is 10.5. The second kappa shape index (κ2) is 3.65. The Morgan fingerprint density at radius 2 is 2.18 bits per heavy atom. The number of H-pyrrole nitrogens is 1. The van der Waals surface area contributed by atoms with Crippen molar-refractivity contribution in [1.82, 2.24) is 20.2 Å². The number of fused-ring (bicyclic) bond motifs is 1. The zero-order valence-electron chi connectivity index (χ0n) is 6.57. The van der Waals surface area contributed by atoms with Crippen LogP contribution in [0.25, 0.3) is 11.0 Å². The summed E-state index contributed by atoms with van der Waals surface area (Å²) in [5.74, 6) is 0. The first kappa shape index (κ1) is 7.65. The normalized spacial score (nSPS) is 8.91. The summed E-state index contributed by atoms with van der Waals surface area (Å²) in [6.45, 7) is 4.00. The Bertz CT molecular complexity index is 289. The molecule has 2 aromatic rings. The minimum Gasteiger partial charge on any atom is -0.275 e. The van der Waals surface area contributed by atoms with Crippen LogP contribution in [0.4, 0.5) is 0 Å². The molecule has 60 valence electrons. The van der Waals surface area contributed by atoms with Gasteiger partial charge in [-0.05, 0) is 0 Å². The predicted molar refractivity (Wildman–Crippen MR) is 45.1 cm³/mol. The van der Waals surface area contributed by atoms with Crippen molar-refractivity contribution in [3.8, 4) is 0 Å². The molecule has 0 atom stereocenters. The first-order valence-corrected chi connectivity index (χ1v) is 3.56. The first-order chi connectivity index (χ1) is 5.47. The Balaban J connectivity index is 0.000000378. The molecule has 4 nitrogen and oxygen atoms in total. The predicted octanol–water partition coefficient (Wildman–Crippen LogP) is 1.63. The standard InChI is InChI=1S/C5H4N4.C2H6.H2/c1-5-4(2-8-9-5)7-3-6-1;1-2;/h1-3H,(H,8,9);1-2H3;1H. The van der Waals surface area contributed by atoms with Gasteiger partial charge >= 0.3 is 0 Å². The van der Waals surface area contributed by atoms with Gasteiger partial charge in [-0.2, -0.15) is 5.10 Å². The average molecular weight is 152 g/mol. The van der Waals surface area contributed by atoms with E-state index in [0.717, 1.165) is 11.0 Å². The van der Waals surface area contributed by atoms with E-state index in [0.29, 0.717) is 0 Å². The van der Waals surface area contributed by atoms with Crippen LogP contribution in [0.3, 0.4) is 0 Å². The van der Waals surface area contributed by atoms with Crippen molar-refractivity contribution >= 4 is 11.0 Å². The molecule has 0 aliphatic heterocycles. The van der Waals surface area contributed by atoms with Gasteiger partial charge in [0.15, 0.2) is 0 Å². The van der Waals surface area contributed by atoms with Gasteiger partial charge in [0.1, 0.15) is 17.4 Å². The molecular formula is C7H12N4. The molecule has 0 spiro atoms. The molecule has 0 fully saturated rings. The highest BCUT2D eigenvalue weighted by Gasteiger charge is 1.90. The van der Waals surface area contributed by atoms with Crippen LogP contribution in [0.15, 0.2) is 18.7 Å². The number of aromatic amines is 1. The van der Waals surface area contributed by atoms with E-state index in [4.69, 9.17) is 0 Å². The molecule has 0 aliphatic carbocycles. The number of rotatable bonds is 0. The van der Waals surface area contributed by atoms with Crippen molar-refractivity contribution in [3.05, 3.63) is 18.7 Å². The van der Waals surface area contributed by atoms with Gasteiger partial charge in [-0.3, -0.25) is 5.10 Å². The molecule has 0 bridgehead atoms. The van der Waals surface area contributed by atoms with Crippen molar-refractivity contribution < 1.29 is 1.43 Å². The highest BCUT2D eigenvalue weighted by atomic mass is 15.1. The van der Waals surface area contributed by atoms with Gasteiger partial charge in [0.05, 0.1) is 12.4 Å². The number of hydrogen-bond acceptors (Lipinski definition) is 3. The fourth-order valence-corrected chi connectivity index (χ4v) is 0.691. The number of hydrogen-bond donors (Lipinski definition) is 1. The maximum absolute atomic E-state index is 3.94. The van der Waals surface area contributed by atoms with E-state index in [1.54, 1.807) is 12.4 Å². The largest absolute Gasteiger partial charge is 0.275 e. The van der Waals surface area contributed by atoms with E-state index >= 15 is 0 Å². The van der Waals surface area contributed by atoms with E-state index in [1.165, 1.54) is 6.33 Å². The monoisotopic (exact) mass is 152 g/mol. The van der Waals surface area contributed by atoms with E-state index in [1.807, 2.05) is 13.8 Å². The molecular weight excluding hydrogens is 140 g/mol. The number of nitrogens with one attached hydrogen (secondary N) is 1. The van der Waals surface area contributed by atoms with Crippen LogP contribution >= 0.6 is 0 Å². The van der Waals surface area contributed by atoms with Crippen LogP contribution in [0.5, 0.6) is 0 Å². The van der Waals surface area contributed by atoms with Gasteiger partial charge in [-0.25, -0.2) is 9.97 Å². The number of aromatic nitrogens is 4. The Kier molecular flexibility index (Phi) is 2.54. The van der Waals surface area contributed by atoms with Crippen molar-refractivity contribution in [3.63, 3.8) is 0 Å². The zero-order valence-corrected chi connectivity index (χ0v) is 6.57. The molecule has 0 aromatic carbocycles. The molecule has 0 saturated carbocycles. The summed E-state index contributed by atoms with van der Waals surface area (Å²) in [6.07, 6.45) is 4.85. The van der Waals surface area contributed by atoms with Crippen LogP contribution in [-0.2, 0) is 0 Å². The first-order valence-electron chi connectivity index (χ1n) is 3.56. The highest BCUT2D eigenvalue weighted by molar-refractivity contribution is 5.71. The Hall–Kier alpha value is -1.45. The van der Waals surface area contributed by atoms with Crippen molar-refractivity contribution in [2.75, 3.05) is 0 Å². The van der Waals surface area contributed by atoms with Crippen molar-refractivity contribution in [2.45, 2.75) is 13.8 Å². The smallest absolute Gasteiger partial charge is 0.116 e. The Labute approximate surface area is 66.2 Å². The summed E-state index contributed by atoms with van der Waals surface area (Å²) in [7, 11) is 0. The second-order valence-electron chi connectivity index (χ2n) is 1.69. The minimum absolute atomic E-state index is 0. The van der Waals surface area contributed by atoms with Crippen molar-refractivity contribution in [2.24, 2.45) is 0 Å². The van der Waals surface area contributed by atoms with Crippen LogP contribution in [-0.4, -0.2) is 20.2 Å². The molecule has 2 heterocycles. The molecule has 1 N–H and O–H groups in total. The average Bonchev–Trinajstić information content (AvgIpc) is 2.55. The third-order valence-corrected chi connectivity index (χ3v) is 1.11. The molecule has 2 aromatic heterocycles. The van der Waals surface area contributed by atoms with Crippen molar-refractivity contribution in [1.29, 1.82) is 0 Å². The van der Waals surface area contributed by atoms with Crippen LogP contribution in [0.2, 0.25) is 0 Å². The fourth-order valence-electron chi connectivity index (χ4n) is 0.691. The van der Waals surface area contributed by atoms with Gasteiger partial charge in [0, 0.05) is 1.43 Å². The Morgan fingerprint density at radius 1 is 1.36 bits per heavy atom. The Morgan fingerprint density at radius 3 is 2.91 bits per heavy atom. The molecule has 0 radical (unpaired) electrons. The third-order valence-electron chi connectivity index (χ3n) is 1.11. The van der Waals surface area contributed by atoms with E-state index < -0.39 is 0 Å². The number of nitrogens with zero attached hydrogens (tertiary/aromatic N) is 3. The molecule has 2 rings (SSSR count). The second-order valence-corrected chi connectivity index (χ2v) is 1.69. The topological polar surface area (TPSA) is 54.5 Å². The molecule has 0 amide bonds. The fraction of sp³-hybridized carbons (Fsp3) is 0.286. The van der Waals surface area contributed by atoms with Gasteiger partial charge in [0.25, 0.3) is 0 Å². The molecule has 0 aliphatic rings. The lowest BCUT2D eigenvalue weighted by Crippen LogP contribution is -1.74. The lowest BCUT2D eigenvalue weighted by Gasteiger charge is -1.80. The minimum atomic E-state index is 0. The van der Waals surface area contributed by atoms with Gasteiger partial charge in [0.2, 0.25) is 0 Å². The van der Waals surface area contributed by atoms with E-state index in [9.17, 15) is 0 Å². The zero-order chi connectivity index (χ0) is 8.10. The maximum Gasteiger partial charge on any atom is 0.116 e. The lowest BCUT2D eigenvalue weighted by molar-refractivity contribution is 1.11. The molecule has 0 unspecified atom stereocenters. The summed E-state index contributed by atoms with van der Waals surface area (Å²) in [5, 5.41) is 6.52. The van der Waals surface area contributed by atoms with Crippen LogP contribution < -0.4 is 0 Å². The van der Waals surface area contributed by atoms with E-state index in [2.05, 4.69) is 20.2 Å². The summed E-state index contributed by atoms with van der Waals surface area (Å²) >= 11 is 0. The van der Waals surface area contributed by atoms with Gasteiger partial charge < -0.3 is 0 Å². The van der Waals surface area contributed by atoms with Crippen LogP contribution in [0, 0.1) is 0 Å². The van der Waals surface area contributed by atoms with E-state index in [-0.39, 0.29) is 1.43 Å². The molecule has 11 heavy (non-hydrogen) atoms.